The number of fused-ring (bicyclic) bond motifs is 4. The van der Waals surface area contributed by atoms with E-state index in [-0.39, 0.29) is 214 Å². The number of Topliss-reactive ketones (excluding diaryl/α,β-unsaturated/α-hetero) is 2. The molecule has 0 aliphatic carbocycles. The molecule has 6 heterocycles. The molecule has 10 rings (SSSR count). The van der Waals surface area contributed by atoms with Crippen LogP contribution in [-0.2, 0) is 72.1 Å². The number of anilines is 1. The molecule has 0 spiro atoms. The second kappa shape index (κ2) is 36.6. The lowest BCUT2D eigenvalue weighted by atomic mass is 9.86. The van der Waals surface area contributed by atoms with Crippen LogP contribution in [-0.4, -0.2) is 233 Å². The van der Waals surface area contributed by atoms with Crippen molar-refractivity contribution in [3.63, 3.8) is 0 Å². The topological polar surface area (TPSA) is 435 Å². The van der Waals surface area contributed by atoms with Gasteiger partial charge in [0.2, 0.25) is 29.9 Å². The van der Waals surface area contributed by atoms with Crippen molar-refractivity contribution in [1.82, 2.24) is 25.3 Å². The van der Waals surface area contributed by atoms with E-state index in [1.54, 1.807) is 45.0 Å². The Bertz CT molecular complexity index is 4220. The van der Waals surface area contributed by atoms with Crippen LogP contribution in [0.4, 0.5) is 16.2 Å². The molecule has 6 aliphatic heterocycles. The first-order chi connectivity index (χ1) is 52.9. The van der Waals surface area contributed by atoms with Gasteiger partial charge in [-0.05, 0) is 78.1 Å². The van der Waals surface area contributed by atoms with E-state index < -0.39 is 121 Å². The highest BCUT2D eigenvalue weighted by molar-refractivity contribution is 6.07. The molecule has 7 amide bonds. The highest BCUT2D eigenvalue weighted by Crippen LogP contribution is 2.45. The average molecular weight is 1550 g/mol. The molecule has 0 saturated carbocycles. The summed E-state index contributed by atoms with van der Waals surface area (Å²) in [6.07, 6.45) is -10.3. The Balaban J connectivity index is 0.733. The fraction of sp³-hybridized carbons (Fsp3) is 0.513. The number of ketones is 2. The van der Waals surface area contributed by atoms with Crippen LogP contribution in [0.25, 0.3) is 0 Å². The average Bonchev–Trinajstić information content (AvgIpc) is 1.62. The van der Waals surface area contributed by atoms with Gasteiger partial charge in [-0.15, -0.1) is 0 Å². The van der Waals surface area contributed by atoms with Crippen LogP contribution in [0.2, 0.25) is 0 Å². The van der Waals surface area contributed by atoms with Crippen molar-refractivity contribution >= 4 is 70.4 Å². The van der Waals surface area contributed by atoms with Crippen LogP contribution in [0.5, 0.6) is 28.7 Å². The fourth-order valence-electron chi connectivity index (χ4n) is 14.2. The maximum absolute atomic E-state index is 14.5. The Labute approximate surface area is 639 Å². The van der Waals surface area contributed by atoms with Gasteiger partial charge in [0.15, 0.2) is 40.8 Å². The molecule has 0 radical (unpaired) electrons. The molecule has 4 fully saturated rings. The Kier molecular flexibility index (Phi) is 27.4. The maximum atomic E-state index is 14.5. The zero-order valence-electron chi connectivity index (χ0n) is 62.8. The molecule has 7 N–H and O–H groups in total. The lowest BCUT2D eigenvalue weighted by Gasteiger charge is -2.34. The molecule has 4 saturated heterocycles. The number of amides is 7. The number of methoxy groups -OCH3 is 2. The molecule has 12 atom stereocenters. The predicted molar refractivity (Wildman–Crippen MR) is 391 cm³/mol. The SMILES string of the molecule is C=C1C[C@H]2C(O)C(C(=O)OCc3ccc(O[C@@H]4OC[C@@H](O)[C@H](O)[C@H]4O)c([N+](=O)[O-])c3)c3cc(OCCCOc4cc5c(cc4OC)C(=O)N4CC(=C)C[C@H]4C(O)N5C(=O)OCc4ccc(CC(=O)[C@H](C)NC(=O)[C@@H](CC(=O)CCOCCNC(=O)CCN5C(=O)CC(C(C)C)C5=O)C(C)C)cc4)c(OC)cc3C(=O)N2C1. The number of nitrogens with one attached hydrogen (secondary N) is 2. The van der Waals surface area contributed by atoms with Crippen LogP contribution >= 0.6 is 0 Å². The van der Waals surface area contributed by atoms with Crippen LogP contribution in [0.1, 0.15) is 128 Å². The van der Waals surface area contributed by atoms with Crippen molar-refractivity contribution in [2.24, 2.45) is 23.7 Å². The molecule has 598 valence electrons. The zero-order valence-corrected chi connectivity index (χ0v) is 62.8. The second-order valence-corrected chi connectivity index (χ2v) is 29.1. The highest BCUT2D eigenvalue weighted by atomic mass is 16.7. The zero-order chi connectivity index (χ0) is 80.4. The smallest absolute Gasteiger partial charge is 0.416 e. The quantitative estimate of drug-likeness (QED) is 0.00856. The lowest BCUT2D eigenvalue weighted by molar-refractivity contribution is -0.386. The Morgan fingerprint density at radius 3 is 1.96 bits per heavy atom. The number of benzene rings is 4. The number of ether oxygens (including phenoxy) is 9. The van der Waals surface area contributed by atoms with Crippen molar-refractivity contribution < 1.29 is 121 Å². The van der Waals surface area contributed by atoms with Gasteiger partial charge < -0.3 is 88.6 Å². The molecule has 33 nitrogen and oxygen atoms in total. The number of nitrogens with zero attached hydrogens (tertiary/aromatic N) is 5. The summed E-state index contributed by atoms with van der Waals surface area (Å²) in [7, 11) is 2.69. The number of aliphatic hydroxyl groups excluding tert-OH is 5. The summed E-state index contributed by atoms with van der Waals surface area (Å²) in [6, 6.07) is 12.9. The summed E-state index contributed by atoms with van der Waals surface area (Å²) in [5.41, 5.74) is 1.72. The van der Waals surface area contributed by atoms with Gasteiger partial charge in [-0.3, -0.25) is 58.2 Å². The predicted octanol–water partition coefficient (Wildman–Crippen LogP) is 4.29. The molecule has 33 heteroatoms. The number of carbonyl (C=O) groups is 10. The van der Waals surface area contributed by atoms with Crippen molar-refractivity contribution in [3.8, 4) is 28.7 Å². The Hall–Kier alpha value is -10.4. The molecule has 0 bridgehead atoms. The highest BCUT2D eigenvalue weighted by Gasteiger charge is 2.50. The number of imide groups is 1. The minimum absolute atomic E-state index is 0.00482. The van der Waals surface area contributed by atoms with E-state index in [0.717, 1.165) is 15.9 Å². The van der Waals surface area contributed by atoms with E-state index in [2.05, 4.69) is 23.8 Å². The largest absolute Gasteiger partial charge is 0.493 e. The molecule has 4 aromatic carbocycles. The van der Waals surface area contributed by atoms with Crippen molar-refractivity contribution in [2.75, 3.05) is 78.3 Å². The van der Waals surface area contributed by atoms with Crippen molar-refractivity contribution in [3.05, 3.63) is 135 Å². The standard InChI is InChI=1S/C78H95N7O26/c1-40(2)49(29-48(86)18-23-105-24-19-79-65(89)17-20-81-66(90)33-50(41(3)4)72(81)95)71(94)80-44(7)58(87)28-45-11-13-46(14-12-45)37-110-78(100)84-54-34-64(62(104-9)32-53(54)74(97)83-36-43(6)26-57(83)75(84)98)107-22-10-21-106-63-30-51-52(31-61(63)103-8)73(96)82-35-42(5)25-56(82)68(91)67(51)76(99)108-38-47-15-16-60(55(27-47)85(101)102)111-77-70(93)69(92)59(88)39-109-77/h11-16,27,30-32,34,40-41,44,49-50,56-57,59,67-70,75,77,88,91-93,98H,5-6,10,17-26,28-29,33,35-39H2,1-4,7-9H3,(H,79,89)(H,80,94)/t44-,49-,50?,56-,57-,59+,67?,68?,69-,70+,75?,77-/m0/s1. The first-order valence-electron chi connectivity index (χ1n) is 36.7. The summed E-state index contributed by atoms with van der Waals surface area (Å²) in [5.74, 6) is -7.03. The minimum Gasteiger partial charge on any atom is -0.493 e. The number of carbonyl (C=O) groups excluding carboxylic acids is 10. The van der Waals surface area contributed by atoms with Gasteiger partial charge in [0.1, 0.15) is 43.2 Å². The van der Waals surface area contributed by atoms with E-state index in [1.807, 2.05) is 13.8 Å². The first-order valence-corrected chi connectivity index (χ1v) is 36.7. The number of rotatable bonds is 34. The number of hydrogen-bond donors (Lipinski definition) is 7. The fourth-order valence-corrected chi connectivity index (χ4v) is 14.2. The van der Waals surface area contributed by atoms with E-state index >= 15 is 0 Å². The molecule has 4 unspecified atom stereocenters. The molecule has 4 aromatic rings. The minimum atomic E-state index is -1.76. The van der Waals surface area contributed by atoms with Crippen LogP contribution < -0.4 is 39.2 Å². The van der Waals surface area contributed by atoms with Crippen molar-refractivity contribution in [1.29, 1.82) is 0 Å². The Morgan fingerprint density at radius 1 is 0.694 bits per heavy atom. The summed E-state index contributed by atoms with van der Waals surface area (Å²) >= 11 is 0. The number of aliphatic hydroxyl groups is 5. The van der Waals surface area contributed by atoms with Gasteiger partial charge in [0, 0.05) is 94.2 Å². The third-order valence-electron chi connectivity index (χ3n) is 20.6. The van der Waals surface area contributed by atoms with Gasteiger partial charge in [-0.1, -0.05) is 82.3 Å². The van der Waals surface area contributed by atoms with E-state index in [0.29, 0.717) is 22.3 Å². The second-order valence-electron chi connectivity index (χ2n) is 29.1. The molecule has 111 heavy (non-hydrogen) atoms. The summed E-state index contributed by atoms with van der Waals surface area (Å²) < 4.78 is 51.8. The lowest BCUT2D eigenvalue weighted by Crippen LogP contribution is -2.54. The number of nitro groups is 1. The number of hydrogen-bond acceptors (Lipinski definition) is 26. The molecule has 0 aromatic heterocycles. The van der Waals surface area contributed by atoms with Gasteiger partial charge in [0.25, 0.3) is 11.8 Å². The van der Waals surface area contributed by atoms with Crippen LogP contribution in [0.3, 0.4) is 0 Å². The molecular weight excluding hydrogens is 1450 g/mol. The molecular formula is C78H95N7O26. The summed E-state index contributed by atoms with van der Waals surface area (Å²) in [4.78, 5) is 151. The third kappa shape index (κ3) is 19.3. The van der Waals surface area contributed by atoms with E-state index in [9.17, 15) is 83.6 Å². The van der Waals surface area contributed by atoms with E-state index in [4.69, 9.17) is 42.6 Å². The number of esters is 1. The monoisotopic (exact) mass is 1550 g/mol. The number of nitro benzene ring substituents is 1. The summed E-state index contributed by atoms with van der Waals surface area (Å²) in [6.45, 7) is 15.9. The molecule has 6 aliphatic rings. The maximum Gasteiger partial charge on any atom is 0.416 e. The normalized spacial score (nSPS) is 22.7. The van der Waals surface area contributed by atoms with Gasteiger partial charge >= 0.3 is 17.7 Å². The van der Waals surface area contributed by atoms with E-state index in [1.165, 1.54) is 60.4 Å². The van der Waals surface area contributed by atoms with Gasteiger partial charge in [-0.25, -0.2) is 9.69 Å². The van der Waals surface area contributed by atoms with Crippen LogP contribution in [0.15, 0.2) is 91.0 Å². The van der Waals surface area contributed by atoms with Crippen LogP contribution in [0, 0.1) is 33.8 Å². The third-order valence-corrected chi connectivity index (χ3v) is 20.6. The Morgan fingerprint density at radius 2 is 1.32 bits per heavy atom. The van der Waals surface area contributed by atoms with Gasteiger partial charge in [0.05, 0.1) is 87.7 Å². The summed E-state index contributed by atoms with van der Waals surface area (Å²) in [5, 5.41) is 72.2. The van der Waals surface area contributed by atoms with Crippen molar-refractivity contribution in [2.45, 2.75) is 160 Å². The number of likely N-dealkylation sites (tertiary alicyclic amines) is 1. The first kappa shape index (κ1) is 83.1. The van der Waals surface area contributed by atoms with Gasteiger partial charge in [-0.2, -0.15) is 0 Å².